The number of nitrogens with zero attached hydrogens (tertiary/aromatic N) is 5. The van der Waals surface area contributed by atoms with Crippen LogP contribution in [-0.4, -0.2) is 48.3 Å². The van der Waals surface area contributed by atoms with Gasteiger partial charge in [0, 0.05) is 12.6 Å². The van der Waals surface area contributed by atoms with Crippen molar-refractivity contribution < 1.29 is 4.79 Å². The number of benzene rings is 2. The molecule has 170 valence electrons. The lowest BCUT2D eigenvalue weighted by Crippen LogP contribution is -2.42. The van der Waals surface area contributed by atoms with Crippen molar-refractivity contribution in [3.8, 4) is 5.69 Å². The van der Waals surface area contributed by atoms with Crippen molar-refractivity contribution >= 4 is 34.3 Å². The number of carbonyl (C=O) groups excluding carboxylic acids is 1. The van der Waals surface area contributed by atoms with Crippen molar-refractivity contribution in [2.75, 3.05) is 12.3 Å². The van der Waals surface area contributed by atoms with Crippen LogP contribution in [0.15, 0.2) is 52.4 Å². The molecule has 4 aromatic rings. The number of fused-ring (bicyclic) bond motifs is 3. The summed E-state index contributed by atoms with van der Waals surface area (Å²) in [4.78, 5) is 28.4. The van der Waals surface area contributed by atoms with Crippen LogP contribution in [0.2, 0.25) is 0 Å². The third-order valence-electron chi connectivity index (χ3n) is 6.45. The van der Waals surface area contributed by atoms with Gasteiger partial charge in [-0.3, -0.25) is 14.0 Å². The first kappa shape index (κ1) is 21.7. The summed E-state index contributed by atoms with van der Waals surface area (Å²) in [5.41, 5.74) is 3.44. The molecule has 0 bridgehead atoms. The summed E-state index contributed by atoms with van der Waals surface area (Å²) >= 11 is 1.38. The predicted molar refractivity (Wildman–Crippen MR) is 131 cm³/mol. The van der Waals surface area contributed by atoms with Crippen LogP contribution in [0.25, 0.3) is 22.4 Å². The number of hydrogen-bond donors (Lipinski definition) is 0. The van der Waals surface area contributed by atoms with E-state index in [-0.39, 0.29) is 17.5 Å². The van der Waals surface area contributed by atoms with E-state index in [1.54, 1.807) is 4.57 Å². The van der Waals surface area contributed by atoms with E-state index in [9.17, 15) is 9.59 Å². The minimum Gasteiger partial charge on any atom is -0.339 e. The lowest BCUT2D eigenvalue weighted by atomic mass is 10.0. The predicted octanol–water partition coefficient (Wildman–Crippen LogP) is 4.14. The van der Waals surface area contributed by atoms with Crippen molar-refractivity contribution in [2.24, 2.45) is 0 Å². The van der Waals surface area contributed by atoms with Crippen LogP contribution >= 0.6 is 11.8 Å². The van der Waals surface area contributed by atoms with Crippen molar-refractivity contribution in [3.05, 3.63) is 63.9 Å². The maximum Gasteiger partial charge on any atom is 0.267 e. The number of piperidine rings is 1. The second-order valence-electron chi connectivity index (χ2n) is 8.79. The average Bonchev–Trinajstić information content (AvgIpc) is 3.24. The molecule has 0 spiro atoms. The first-order chi connectivity index (χ1) is 16.0. The first-order valence-corrected chi connectivity index (χ1v) is 12.3. The summed E-state index contributed by atoms with van der Waals surface area (Å²) in [6.45, 7) is 6.92. The topological polar surface area (TPSA) is 72.5 Å². The number of aryl methyl sites for hydroxylation is 2. The molecule has 1 amide bonds. The highest BCUT2D eigenvalue weighted by atomic mass is 32.2. The van der Waals surface area contributed by atoms with Gasteiger partial charge in [0.15, 0.2) is 5.16 Å². The first-order valence-electron chi connectivity index (χ1n) is 11.3. The number of likely N-dealkylation sites (tertiary alicyclic amines) is 1. The van der Waals surface area contributed by atoms with E-state index >= 15 is 0 Å². The van der Waals surface area contributed by atoms with Crippen LogP contribution in [0.5, 0.6) is 0 Å². The molecule has 0 N–H and O–H groups in total. The average molecular weight is 462 g/mol. The standard InChI is InChI=1S/C25H27N5O2S/c1-16-11-12-17(2)21(14-16)29-23(32)19-9-4-5-10-20(19)30-24(29)26-27-25(30)33-15-22(31)28-13-7-6-8-18(28)3/h4-5,9-12,14,18H,6-8,13,15H2,1-3H3. The van der Waals surface area contributed by atoms with Crippen LogP contribution < -0.4 is 5.56 Å². The Bertz CT molecular complexity index is 1420. The molecule has 0 aliphatic carbocycles. The maximum absolute atomic E-state index is 13.5. The summed E-state index contributed by atoms with van der Waals surface area (Å²) in [5, 5.41) is 10.0. The Balaban J connectivity index is 1.62. The number of thioether (sulfide) groups is 1. The molecule has 1 atom stereocenters. The van der Waals surface area contributed by atoms with Gasteiger partial charge >= 0.3 is 0 Å². The molecular formula is C25H27N5O2S. The molecule has 1 fully saturated rings. The van der Waals surface area contributed by atoms with Gasteiger partial charge in [0.2, 0.25) is 11.7 Å². The highest BCUT2D eigenvalue weighted by Crippen LogP contribution is 2.26. The van der Waals surface area contributed by atoms with Gasteiger partial charge in [-0.1, -0.05) is 36.0 Å². The monoisotopic (exact) mass is 461 g/mol. The Hall–Kier alpha value is -3.13. The van der Waals surface area contributed by atoms with Crippen LogP contribution in [-0.2, 0) is 4.79 Å². The maximum atomic E-state index is 13.5. The van der Waals surface area contributed by atoms with Crippen molar-refractivity contribution in [1.82, 2.24) is 24.1 Å². The molecule has 7 nitrogen and oxygen atoms in total. The number of carbonyl (C=O) groups is 1. The van der Waals surface area contributed by atoms with Gasteiger partial charge in [0.05, 0.1) is 22.3 Å². The number of aromatic nitrogens is 4. The number of para-hydroxylation sites is 1. The van der Waals surface area contributed by atoms with Crippen LogP contribution in [0.4, 0.5) is 0 Å². The summed E-state index contributed by atoms with van der Waals surface area (Å²) in [6.07, 6.45) is 3.28. The zero-order valence-electron chi connectivity index (χ0n) is 19.1. The van der Waals surface area contributed by atoms with Crippen LogP contribution in [0.3, 0.4) is 0 Å². The summed E-state index contributed by atoms with van der Waals surface area (Å²) in [5.74, 6) is 0.868. The molecule has 5 rings (SSSR count). The molecule has 1 aliphatic heterocycles. The van der Waals surface area contributed by atoms with Crippen molar-refractivity contribution in [3.63, 3.8) is 0 Å². The van der Waals surface area contributed by atoms with Gasteiger partial charge in [0.1, 0.15) is 0 Å². The Labute approximate surface area is 196 Å². The molecule has 8 heteroatoms. The fourth-order valence-corrected chi connectivity index (χ4v) is 5.45. The largest absolute Gasteiger partial charge is 0.339 e. The zero-order chi connectivity index (χ0) is 23.1. The van der Waals surface area contributed by atoms with E-state index in [1.165, 1.54) is 18.2 Å². The Morgan fingerprint density at radius 2 is 1.94 bits per heavy atom. The molecule has 0 radical (unpaired) electrons. The van der Waals surface area contributed by atoms with E-state index in [4.69, 9.17) is 0 Å². The smallest absolute Gasteiger partial charge is 0.267 e. The molecule has 3 heterocycles. The van der Waals surface area contributed by atoms with E-state index in [1.807, 2.05) is 65.6 Å². The lowest BCUT2D eigenvalue weighted by Gasteiger charge is -2.33. The molecule has 1 unspecified atom stereocenters. The summed E-state index contributed by atoms with van der Waals surface area (Å²) in [7, 11) is 0. The minimum atomic E-state index is -0.131. The van der Waals surface area contributed by atoms with Crippen LogP contribution in [0.1, 0.15) is 37.3 Å². The number of rotatable bonds is 4. The fourth-order valence-electron chi connectivity index (χ4n) is 4.63. The van der Waals surface area contributed by atoms with Gasteiger partial charge in [0.25, 0.3) is 5.56 Å². The van der Waals surface area contributed by atoms with Crippen molar-refractivity contribution in [1.29, 1.82) is 0 Å². The Morgan fingerprint density at radius 1 is 1.12 bits per heavy atom. The van der Waals surface area contributed by atoms with Crippen LogP contribution in [0, 0.1) is 13.8 Å². The zero-order valence-corrected chi connectivity index (χ0v) is 19.9. The van der Waals surface area contributed by atoms with E-state index < -0.39 is 0 Å². The third kappa shape index (κ3) is 3.82. The summed E-state index contributed by atoms with van der Waals surface area (Å²) < 4.78 is 3.53. The van der Waals surface area contributed by atoms with E-state index in [2.05, 4.69) is 17.1 Å². The molecule has 2 aromatic carbocycles. The van der Waals surface area contributed by atoms with E-state index in [0.29, 0.717) is 22.1 Å². The van der Waals surface area contributed by atoms with Gasteiger partial charge in [-0.25, -0.2) is 4.57 Å². The highest BCUT2D eigenvalue weighted by molar-refractivity contribution is 7.99. The SMILES string of the molecule is Cc1ccc(C)c(-n2c(=O)c3ccccc3n3c(SCC(=O)N4CCCCC4C)nnc23)c1. The Kier molecular flexibility index (Phi) is 5.70. The minimum absolute atomic E-state index is 0.121. The van der Waals surface area contributed by atoms with Gasteiger partial charge < -0.3 is 4.90 Å². The number of amides is 1. The Morgan fingerprint density at radius 3 is 2.76 bits per heavy atom. The van der Waals surface area contributed by atoms with Gasteiger partial charge in [-0.15, -0.1) is 10.2 Å². The lowest BCUT2D eigenvalue weighted by molar-refractivity contribution is -0.131. The number of hydrogen-bond acceptors (Lipinski definition) is 5. The highest BCUT2D eigenvalue weighted by Gasteiger charge is 2.24. The molecule has 1 aliphatic rings. The molecule has 0 saturated carbocycles. The molecular weight excluding hydrogens is 434 g/mol. The normalized spacial score (nSPS) is 16.6. The fraction of sp³-hybridized carbons (Fsp3) is 0.360. The quantitative estimate of drug-likeness (QED) is 0.427. The second kappa shape index (κ2) is 8.67. The molecule has 2 aromatic heterocycles. The van der Waals surface area contributed by atoms with Gasteiger partial charge in [-0.05, 0) is 69.4 Å². The molecule has 33 heavy (non-hydrogen) atoms. The van der Waals surface area contributed by atoms with Gasteiger partial charge in [-0.2, -0.15) is 0 Å². The third-order valence-corrected chi connectivity index (χ3v) is 7.36. The van der Waals surface area contributed by atoms with Crippen molar-refractivity contribution in [2.45, 2.75) is 51.2 Å². The van der Waals surface area contributed by atoms with E-state index in [0.717, 1.165) is 41.7 Å². The summed E-state index contributed by atoms with van der Waals surface area (Å²) in [6, 6.07) is 13.8. The molecule has 1 saturated heterocycles. The second-order valence-corrected chi connectivity index (χ2v) is 9.73.